The predicted octanol–water partition coefficient (Wildman–Crippen LogP) is 4.26. The molecule has 28 heavy (non-hydrogen) atoms. The van der Waals surface area contributed by atoms with Crippen molar-refractivity contribution in [2.75, 3.05) is 6.61 Å². The van der Waals surface area contributed by atoms with Crippen LogP contribution in [-0.2, 0) is 9.53 Å². The molecule has 3 N–H and O–H groups in total. The largest absolute Gasteiger partial charge is 0.431 e. The molecule has 0 fully saturated rings. The summed E-state index contributed by atoms with van der Waals surface area (Å²) in [6.07, 6.45) is 14.1. The predicted molar refractivity (Wildman–Crippen MR) is 112 cm³/mol. The van der Waals surface area contributed by atoms with Crippen molar-refractivity contribution in [2.45, 2.75) is 96.7 Å². The molecule has 1 aliphatic rings. The first-order valence-electron chi connectivity index (χ1n) is 10.9. The van der Waals surface area contributed by atoms with Crippen LogP contribution in [0.4, 0.5) is 0 Å². The van der Waals surface area contributed by atoms with Gasteiger partial charge in [0.1, 0.15) is 5.76 Å². The topological polar surface area (TPSA) is 87.0 Å². The molecular formula is C23H40O5. The third-order valence-electron chi connectivity index (χ3n) is 5.48. The van der Waals surface area contributed by atoms with Crippen molar-refractivity contribution in [1.82, 2.24) is 0 Å². The summed E-state index contributed by atoms with van der Waals surface area (Å²) in [5.74, 6) is 0.0589. The first-order chi connectivity index (χ1) is 13.3. The van der Waals surface area contributed by atoms with E-state index in [-0.39, 0.29) is 24.4 Å². The lowest BCUT2D eigenvalue weighted by Gasteiger charge is -2.23. The van der Waals surface area contributed by atoms with Gasteiger partial charge in [-0.05, 0) is 38.7 Å². The van der Waals surface area contributed by atoms with E-state index in [0.717, 1.165) is 57.8 Å². The summed E-state index contributed by atoms with van der Waals surface area (Å²) >= 11 is 0. The van der Waals surface area contributed by atoms with Gasteiger partial charge in [0.25, 0.3) is 0 Å². The molecule has 4 atom stereocenters. The zero-order valence-corrected chi connectivity index (χ0v) is 17.9. The highest BCUT2D eigenvalue weighted by Gasteiger charge is 2.36. The zero-order chi connectivity index (χ0) is 21.0. The second-order valence-corrected chi connectivity index (χ2v) is 8.35. The van der Waals surface area contributed by atoms with Crippen molar-refractivity contribution < 1.29 is 24.9 Å². The summed E-state index contributed by atoms with van der Waals surface area (Å²) in [5, 5.41) is 29.8. The van der Waals surface area contributed by atoms with Gasteiger partial charge in [-0.25, -0.2) is 0 Å². The fourth-order valence-electron chi connectivity index (χ4n) is 3.83. The fraction of sp³-hybridized carbons (Fsp3) is 0.783. The maximum Gasteiger partial charge on any atom is 0.307 e. The second-order valence-electron chi connectivity index (χ2n) is 8.35. The highest BCUT2D eigenvalue weighted by molar-refractivity contribution is 5.67. The summed E-state index contributed by atoms with van der Waals surface area (Å²) in [5.41, 5.74) is -0.732. The molecule has 5 heteroatoms. The fourth-order valence-corrected chi connectivity index (χ4v) is 3.83. The van der Waals surface area contributed by atoms with Crippen LogP contribution in [-0.4, -0.2) is 39.6 Å². The van der Waals surface area contributed by atoms with Crippen LogP contribution in [0.5, 0.6) is 0 Å². The molecule has 1 unspecified atom stereocenters. The molecule has 0 spiro atoms. The number of carbonyl (C=O) groups is 1. The molecule has 0 saturated heterocycles. The maximum absolute atomic E-state index is 11.4. The Morgan fingerprint density at radius 2 is 1.89 bits per heavy atom. The van der Waals surface area contributed by atoms with Crippen molar-refractivity contribution in [3.63, 3.8) is 0 Å². The minimum Gasteiger partial charge on any atom is -0.431 e. The number of hydrogen-bond donors (Lipinski definition) is 3. The summed E-state index contributed by atoms with van der Waals surface area (Å²) < 4.78 is 5.37. The van der Waals surface area contributed by atoms with E-state index in [2.05, 4.69) is 6.92 Å². The number of ether oxygens (including phenoxy) is 1. The minimum absolute atomic E-state index is 0.0198. The summed E-state index contributed by atoms with van der Waals surface area (Å²) in [6, 6.07) is 0. The summed E-state index contributed by atoms with van der Waals surface area (Å²) in [6.45, 7) is 5.58. The number of hydrogen-bond acceptors (Lipinski definition) is 5. The van der Waals surface area contributed by atoms with Gasteiger partial charge in [-0.3, -0.25) is 4.79 Å². The Labute approximate surface area is 170 Å². The number of aliphatic hydroxyl groups excluding tert-OH is 2. The van der Waals surface area contributed by atoms with Crippen LogP contribution in [0.2, 0.25) is 0 Å². The van der Waals surface area contributed by atoms with Gasteiger partial charge in [0.2, 0.25) is 0 Å². The molecule has 0 aliphatic heterocycles. The normalized spacial score (nSPS) is 24.4. The number of aliphatic hydroxyl groups is 3. The number of carbonyl (C=O) groups excluding carboxylic acids is 1. The molecule has 0 amide bonds. The van der Waals surface area contributed by atoms with E-state index in [4.69, 9.17) is 9.84 Å². The average molecular weight is 397 g/mol. The van der Waals surface area contributed by atoms with Crippen molar-refractivity contribution in [3.05, 3.63) is 24.0 Å². The van der Waals surface area contributed by atoms with Crippen molar-refractivity contribution in [2.24, 2.45) is 11.8 Å². The molecule has 162 valence electrons. The van der Waals surface area contributed by atoms with E-state index >= 15 is 0 Å². The van der Waals surface area contributed by atoms with Crippen LogP contribution >= 0.6 is 0 Å². The summed E-state index contributed by atoms with van der Waals surface area (Å²) in [4.78, 5) is 11.4. The van der Waals surface area contributed by atoms with Gasteiger partial charge in [0.05, 0.1) is 11.7 Å². The number of allylic oxidation sites excluding steroid dienone is 1. The van der Waals surface area contributed by atoms with Gasteiger partial charge in [-0.2, -0.15) is 0 Å². The van der Waals surface area contributed by atoms with Crippen molar-refractivity contribution in [1.29, 1.82) is 0 Å². The van der Waals surface area contributed by atoms with Crippen LogP contribution in [0.15, 0.2) is 24.0 Å². The van der Waals surface area contributed by atoms with Gasteiger partial charge >= 0.3 is 5.97 Å². The minimum atomic E-state index is -0.732. The SMILES string of the molecule is CCCCC(C)(O)CC=C[C@H]1[C@H](O)C=C(OC(C)=O)[C@@H]1CCCCCCCO. The molecule has 1 aliphatic carbocycles. The third kappa shape index (κ3) is 9.35. The van der Waals surface area contributed by atoms with E-state index < -0.39 is 11.7 Å². The Bertz CT molecular complexity index is 509. The van der Waals surface area contributed by atoms with E-state index in [0.29, 0.717) is 12.2 Å². The molecule has 0 heterocycles. The van der Waals surface area contributed by atoms with Gasteiger partial charge in [0.15, 0.2) is 0 Å². The Hall–Kier alpha value is -1.17. The first kappa shape index (κ1) is 24.9. The maximum atomic E-state index is 11.4. The molecular weight excluding hydrogens is 356 g/mol. The van der Waals surface area contributed by atoms with Gasteiger partial charge in [-0.1, -0.05) is 57.6 Å². The lowest BCUT2D eigenvalue weighted by molar-refractivity contribution is -0.137. The standard InChI is InChI=1S/C23H40O5/c1-4-5-14-23(3,27)15-11-13-19-20(12-9-7-6-8-10-16-24)22(17-21(19)26)28-18(2)25/h11,13,17,19-21,24,26-27H,4-10,12,14-16H2,1-3H3/t19-,20-,21-,23?/m1/s1. The highest BCUT2D eigenvalue weighted by Crippen LogP contribution is 2.38. The summed E-state index contributed by atoms with van der Waals surface area (Å²) in [7, 11) is 0. The average Bonchev–Trinajstić information content (AvgIpc) is 2.90. The number of esters is 1. The van der Waals surface area contributed by atoms with E-state index in [1.807, 2.05) is 19.1 Å². The second kappa shape index (κ2) is 13.1. The zero-order valence-electron chi connectivity index (χ0n) is 17.9. The Morgan fingerprint density at radius 1 is 1.21 bits per heavy atom. The van der Waals surface area contributed by atoms with E-state index in [1.165, 1.54) is 6.92 Å². The van der Waals surface area contributed by atoms with Crippen LogP contribution in [0.25, 0.3) is 0 Å². The monoisotopic (exact) mass is 396 g/mol. The molecule has 0 radical (unpaired) electrons. The van der Waals surface area contributed by atoms with Crippen molar-refractivity contribution >= 4 is 5.97 Å². The lowest BCUT2D eigenvalue weighted by atomic mass is 9.86. The molecule has 5 nitrogen and oxygen atoms in total. The molecule has 0 saturated carbocycles. The van der Waals surface area contributed by atoms with Gasteiger partial charge < -0.3 is 20.1 Å². The molecule has 0 aromatic carbocycles. The van der Waals surface area contributed by atoms with Gasteiger partial charge in [0, 0.05) is 25.4 Å². The quantitative estimate of drug-likeness (QED) is 0.232. The smallest absolute Gasteiger partial charge is 0.307 e. The van der Waals surface area contributed by atoms with Gasteiger partial charge in [-0.15, -0.1) is 0 Å². The van der Waals surface area contributed by atoms with Crippen LogP contribution < -0.4 is 0 Å². The number of rotatable bonds is 14. The molecule has 0 aromatic rings. The Morgan fingerprint density at radius 3 is 2.54 bits per heavy atom. The molecule has 0 aromatic heterocycles. The van der Waals surface area contributed by atoms with E-state index in [1.54, 1.807) is 6.08 Å². The van der Waals surface area contributed by atoms with Crippen LogP contribution in [0.1, 0.15) is 85.0 Å². The molecule has 0 bridgehead atoms. The van der Waals surface area contributed by atoms with Crippen LogP contribution in [0.3, 0.4) is 0 Å². The number of unbranched alkanes of at least 4 members (excludes halogenated alkanes) is 5. The van der Waals surface area contributed by atoms with Crippen molar-refractivity contribution in [3.8, 4) is 0 Å². The lowest BCUT2D eigenvalue weighted by Crippen LogP contribution is -2.24. The Kier molecular flexibility index (Phi) is 11.7. The first-order valence-corrected chi connectivity index (χ1v) is 10.9. The highest BCUT2D eigenvalue weighted by atomic mass is 16.5. The van der Waals surface area contributed by atoms with Crippen LogP contribution in [0, 0.1) is 11.8 Å². The third-order valence-corrected chi connectivity index (χ3v) is 5.48. The van der Waals surface area contributed by atoms with E-state index in [9.17, 15) is 15.0 Å². The molecule has 1 rings (SSSR count). The Balaban J connectivity index is 2.66.